The van der Waals surface area contributed by atoms with Crippen molar-refractivity contribution >= 4 is 17.6 Å². The highest BCUT2D eigenvalue weighted by Crippen LogP contribution is 2.32. The molecule has 0 amide bonds. The van der Waals surface area contributed by atoms with Crippen molar-refractivity contribution in [2.45, 2.75) is 12.5 Å². The van der Waals surface area contributed by atoms with Gasteiger partial charge in [-0.2, -0.15) is 0 Å². The summed E-state index contributed by atoms with van der Waals surface area (Å²) in [4.78, 5) is 10.9. The van der Waals surface area contributed by atoms with E-state index in [1.807, 2.05) is 0 Å². The second kappa shape index (κ2) is 5.00. The van der Waals surface area contributed by atoms with Crippen molar-refractivity contribution in [1.82, 2.24) is 0 Å². The SMILES string of the molecule is COC(=O)CC(O)c1cccc(Cl)c1O. The number of aliphatic hydroxyl groups is 1. The van der Waals surface area contributed by atoms with Gasteiger partial charge in [0.15, 0.2) is 0 Å². The summed E-state index contributed by atoms with van der Waals surface area (Å²) in [5, 5.41) is 19.3. The van der Waals surface area contributed by atoms with Gasteiger partial charge in [0.1, 0.15) is 5.75 Å². The van der Waals surface area contributed by atoms with Gasteiger partial charge in [-0.15, -0.1) is 0 Å². The van der Waals surface area contributed by atoms with Gasteiger partial charge in [-0.05, 0) is 6.07 Å². The summed E-state index contributed by atoms with van der Waals surface area (Å²) in [5.41, 5.74) is 0.216. The quantitative estimate of drug-likeness (QED) is 0.775. The summed E-state index contributed by atoms with van der Waals surface area (Å²) in [6, 6.07) is 4.57. The molecule has 0 radical (unpaired) electrons. The number of hydrogen-bond acceptors (Lipinski definition) is 4. The van der Waals surface area contributed by atoms with Gasteiger partial charge >= 0.3 is 5.97 Å². The van der Waals surface area contributed by atoms with E-state index in [2.05, 4.69) is 4.74 Å². The predicted molar refractivity (Wildman–Crippen MR) is 54.7 cm³/mol. The highest BCUT2D eigenvalue weighted by atomic mass is 35.5. The third-order valence-corrected chi connectivity index (χ3v) is 2.27. The fourth-order valence-electron chi connectivity index (χ4n) is 1.15. The van der Waals surface area contributed by atoms with Crippen molar-refractivity contribution in [3.63, 3.8) is 0 Å². The van der Waals surface area contributed by atoms with Gasteiger partial charge < -0.3 is 14.9 Å². The molecule has 0 fully saturated rings. The monoisotopic (exact) mass is 230 g/mol. The summed E-state index contributed by atoms with van der Waals surface area (Å²) in [7, 11) is 1.23. The first-order chi connectivity index (χ1) is 7.06. The first-order valence-electron chi connectivity index (χ1n) is 4.28. The molecule has 1 aromatic rings. The lowest BCUT2D eigenvalue weighted by Gasteiger charge is -2.11. The van der Waals surface area contributed by atoms with Gasteiger partial charge in [-0.3, -0.25) is 4.79 Å². The molecule has 1 rings (SSSR count). The Bertz CT molecular complexity index is 364. The molecule has 15 heavy (non-hydrogen) atoms. The predicted octanol–water partition coefficient (Wildman–Crippen LogP) is 1.64. The summed E-state index contributed by atoms with van der Waals surface area (Å²) < 4.78 is 4.40. The first-order valence-corrected chi connectivity index (χ1v) is 4.66. The van der Waals surface area contributed by atoms with E-state index < -0.39 is 12.1 Å². The van der Waals surface area contributed by atoms with Crippen LogP contribution in [0.3, 0.4) is 0 Å². The Kier molecular flexibility index (Phi) is 3.94. The van der Waals surface area contributed by atoms with Crippen molar-refractivity contribution in [2.75, 3.05) is 7.11 Å². The minimum Gasteiger partial charge on any atom is -0.506 e. The third-order valence-electron chi connectivity index (χ3n) is 1.96. The number of phenols is 1. The summed E-state index contributed by atoms with van der Waals surface area (Å²) in [6.07, 6.45) is -1.33. The fraction of sp³-hybridized carbons (Fsp3) is 0.300. The number of ether oxygens (including phenoxy) is 1. The molecule has 0 aromatic heterocycles. The zero-order valence-corrected chi connectivity index (χ0v) is 8.86. The molecule has 1 aromatic carbocycles. The van der Waals surface area contributed by atoms with Gasteiger partial charge in [0.2, 0.25) is 0 Å². The van der Waals surface area contributed by atoms with Gasteiger partial charge in [0.05, 0.1) is 24.7 Å². The number of carbonyl (C=O) groups is 1. The van der Waals surface area contributed by atoms with Crippen molar-refractivity contribution in [2.24, 2.45) is 0 Å². The minimum absolute atomic E-state index is 0.136. The van der Waals surface area contributed by atoms with E-state index in [1.54, 1.807) is 6.07 Å². The minimum atomic E-state index is -1.11. The number of aromatic hydroxyl groups is 1. The Balaban J connectivity index is 2.86. The average Bonchev–Trinajstić information content (AvgIpc) is 2.21. The van der Waals surface area contributed by atoms with E-state index in [9.17, 15) is 15.0 Å². The molecule has 82 valence electrons. The second-order valence-corrected chi connectivity index (χ2v) is 3.38. The van der Waals surface area contributed by atoms with Crippen molar-refractivity contribution < 1.29 is 19.7 Å². The molecule has 4 nitrogen and oxygen atoms in total. The lowest BCUT2D eigenvalue weighted by Crippen LogP contribution is -2.08. The number of phenolic OH excluding ortho intramolecular Hbond substituents is 1. The molecular formula is C10H11ClO4. The van der Waals surface area contributed by atoms with Gasteiger partial charge in [-0.1, -0.05) is 23.7 Å². The Morgan fingerprint density at radius 1 is 1.60 bits per heavy atom. The maximum Gasteiger partial charge on any atom is 0.308 e. The van der Waals surface area contributed by atoms with Crippen LogP contribution in [0.15, 0.2) is 18.2 Å². The smallest absolute Gasteiger partial charge is 0.308 e. The van der Waals surface area contributed by atoms with Crippen LogP contribution in [-0.4, -0.2) is 23.3 Å². The van der Waals surface area contributed by atoms with Crippen LogP contribution in [-0.2, 0) is 9.53 Å². The molecule has 1 atom stereocenters. The van der Waals surface area contributed by atoms with Crippen molar-refractivity contribution in [3.05, 3.63) is 28.8 Å². The average molecular weight is 231 g/mol. The van der Waals surface area contributed by atoms with Gasteiger partial charge in [0, 0.05) is 5.56 Å². The highest BCUT2D eigenvalue weighted by Gasteiger charge is 2.17. The first kappa shape index (κ1) is 11.8. The zero-order chi connectivity index (χ0) is 11.4. The number of esters is 1. The van der Waals surface area contributed by atoms with E-state index >= 15 is 0 Å². The number of carbonyl (C=O) groups excluding carboxylic acids is 1. The lowest BCUT2D eigenvalue weighted by atomic mass is 10.1. The van der Waals surface area contributed by atoms with Gasteiger partial charge in [-0.25, -0.2) is 0 Å². The van der Waals surface area contributed by atoms with Crippen LogP contribution in [0, 0.1) is 0 Å². The zero-order valence-electron chi connectivity index (χ0n) is 8.11. The van der Waals surface area contributed by atoms with E-state index in [1.165, 1.54) is 19.2 Å². The number of benzene rings is 1. The Morgan fingerprint density at radius 2 is 2.27 bits per heavy atom. The number of para-hydroxylation sites is 1. The molecule has 0 heterocycles. The standard InChI is InChI=1S/C10H11ClO4/c1-15-9(13)5-8(12)6-3-2-4-7(11)10(6)14/h2-4,8,12,14H,5H2,1H3. The fourth-order valence-corrected chi connectivity index (χ4v) is 1.33. The largest absolute Gasteiger partial charge is 0.506 e. The Hall–Kier alpha value is -1.26. The lowest BCUT2D eigenvalue weighted by molar-refractivity contribution is -0.142. The van der Waals surface area contributed by atoms with Crippen LogP contribution in [0.5, 0.6) is 5.75 Å². The summed E-state index contributed by atoms with van der Waals surface area (Å²) in [6.45, 7) is 0. The molecule has 2 N–H and O–H groups in total. The maximum atomic E-state index is 10.9. The van der Waals surface area contributed by atoms with Crippen LogP contribution in [0.25, 0.3) is 0 Å². The molecule has 0 saturated carbocycles. The Labute approximate surface area is 92.1 Å². The molecule has 1 unspecified atom stereocenters. The number of rotatable bonds is 3. The van der Waals surface area contributed by atoms with E-state index in [4.69, 9.17) is 11.6 Å². The third kappa shape index (κ3) is 2.84. The van der Waals surface area contributed by atoms with E-state index in [0.29, 0.717) is 0 Å². The molecule has 0 saturated heterocycles. The summed E-state index contributed by atoms with van der Waals surface area (Å²) >= 11 is 5.65. The van der Waals surface area contributed by atoms with E-state index in [-0.39, 0.29) is 22.8 Å². The molecule has 0 aliphatic carbocycles. The Morgan fingerprint density at radius 3 is 2.87 bits per heavy atom. The van der Waals surface area contributed by atoms with Crippen LogP contribution in [0.1, 0.15) is 18.1 Å². The highest BCUT2D eigenvalue weighted by molar-refractivity contribution is 6.32. The van der Waals surface area contributed by atoms with Crippen LogP contribution >= 0.6 is 11.6 Å². The summed E-state index contributed by atoms with van der Waals surface area (Å²) in [5.74, 6) is -0.766. The number of hydrogen-bond donors (Lipinski definition) is 2. The topological polar surface area (TPSA) is 66.8 Å². The molecular weight excluding hydrogens is 220 g/mol. The number of aliphatic hydroxyl groups excluding tert-OH is 1. The second-order valence-electron chi connectivity index (χ2n) is 2.97. The van der Waals surface area contributed by atoms with Gasteiger partial charge in [0.25, 0.3) is 0 Å². The van der Waals surface area contributed by atoms with Crippen molar-refractivity contribution in [3.8, 4) is 5.75 Å². The van der Waals surface area contributed by atoms with Crippen LogP contribution in [0.2, 0.25) is 5.02 Å². The van der Waals surface area contributed by atoms with E-state index in [0.717, 1.165) is 0 Å². The molecule has 5 heteroatoms. The maximum absolute atomic E-state index is 10.9. The number of methoxy groups -OCH3 is 1. The molecule has 0 spiro atoms. The molecule has 0 aliphatic heterocycles. The van der Waals surface area contributed by atoms with Crippen LogP contribution < -0.4 is 0 Å². The molecule has 0 bridgehead atoms. The van der Waals surface area contributed by atoms with Crippen molar-refractivity contribution in [1.29, 1.82) is 0 Å². The normalized spacial score (nSPS) is 12.2. The van der Waals surface area contributed by atoms with Crippen LogP contribution in [0.4, 0.5) is 0 Å². The number of halogens is 1. The molecule has 0 aliphatic rings.